The molecular formula is C21H25N3O7. The zero-order chi connectivity index (χ0) is 22.6. The molecule has 1 aromatic rings. The first-order valence-electron chi connectivity index (χ1n) is 9.95. The average Bonchev–Trinajstić information content (AvgIpc) is 2.72. The summed E-state index contributed by atoms with van der Waals surface area (Å²) in [6.07, 6.45) is 0.780. The van der Waals surface area contributed by atoms with Gasteiger partial charge >= 0.3 is 18.0 Å². The van der Waals surface area contributed by atoms with Crippen LogP contribution < -0.4 is 5.32 Å². The van der Waals surface area contributed by atoms with Crippen molar-refractivity contribution in [2.75, 3.05) is 38.1 Å². The van der Waals surface area contributed by atoms with Gasteiger partial charge in [-0.3, -0.25) is 4.79 Å². The van der Waals surface area contributed by atoms with Gasteiger partial charge in [-0.25, -0.2) is 14.4 Å². The minimum Gasteiger partial charge on any atom is -0.450 e. The summed E-state index contributed by atoms with van der Waals surface area (Å²) in [6.45, 7) is 6.43. The number of anilines is 1. The van der Waals surface area contributed by atoms with Crippen molar-refractivity contribution in [2.24, 2.45) is 0 Å². The highest BCUT2D eigenvalue weighted by Crippen LogP contribution is 2.24. The minimum absolute atomic E-state index is 0.236. The molecule has 0 atom stereocenters. The topological polar surface area (TPSA) is 114 Å². The van der Waals surface area contributed by atoms with E-state index in [2.05, 4.69) is 5.32 Å². The van der Waals surface area contributed by atoms with E-state index in [9.17, 15) is 19.2 Å². The van der Waals surface area contributed by atoms with Crippen LogP contribution in [0.2, 0.25) is 0 Å². The molecule has 10 nitrogen and oxygen atoms in total. The van der Waals surface area contributed by atoms with Crippen molar-refractivity contribution in [3.8, 4) is 0 Å². The van der Waals surface area contributed by atoms with E-state index in [-0.39, 0.29) is 11.5 Å². The Balaban J connectivity index is 1.70. The Morgan fingerprint density at radius 1 is 1.06 bits per heavy atom. The summed E-state index contributed by atoms with van der Waals surface area (Å²) >= 11 is 0. The number of benzene rings is 1. The first-order valence-corrected chi connectivity index (χ1v) is 9.95. The van der Waals surface area contributed by atoms with Gasteiger partial charge in [0.25, 0.3) is 11.7 Å². The lowest BCUT2D eigenvalue weighted by atomic mass is 10.1. The third-order valence-electron chi connectivity index (χ3n) is 4.74. The molecule has 2 amide bonds. The van der Waals surface area contributed by atoms with E-state index in [0.29, 0.717) is 44.0 Å². The Kier molecular flexibility index (Phi) is 6.47. The van der Waals surface area contributed by atoms with E-state index < -0.39 is 23.8 Å². The van der Waals surface area contributed by atoms with E-state index in [1.54, 1.807) is 41.0 Å². The van der Waals surface area contributed by atoms with Gasteiger partial charge in [0, 0.05) is 46.2 Å². The van der Waals surface area contributed by atoms with Gasteiger partial charge in [-0.05, 0) is 19.1 Å². The quantitative estimate of drug-likeness (QED) is 0.436. The molecule has 1 N–H and O–H groups in total. The predicted octanol–water partition coefficient (Wildman–Crippen LogP) is 1.73. The average molecular weight is 431 g/mol. The smallest absolute Gasteiger partial charge is 0.409 e. The first-order chi connectivity index (χ1) is 14.7. The van der Waals surface area contributed by atoms with Crippen LogP contribution in [0.5, 0.6) is 0 Å². The number of hydrogen-bond acceptors (Lipinski definition) is 8. The Labute approximate surface area is 179 Å². The van der Waals surface area contributed by atoms with Crippen LogP contribution in [0.3, 0.4) is 0 Å². The Bertz CT molecular complexity index is 895. The van der Waals surface area contributed by atoms with E-state index in [1.807, 2.05) is 0 Å². The maximum absolute atomic E-state index is 13.0. The molecule has 2 aliphatic heterocycles. The highest BCUT2D eigenvalue weighted by molar-refractivity contribution is 6.15. The van der Waals surface area contributed by atoms with Crippen LogP contribution in [0, 0.1) is 0 Å². The highest BCUT2D eigenvalue weighted by Gasteiger charge is 2.39. The molecule has 2 heterocycles. The number of carbonyl (C=O) groups excluding carboxylic acids is 4. The number of nitrogens with one attached hydrogen (secondary N) is 1. The predicted molar refractivity (Wildman–Crippen MR) is 109 cm³/mol. The number of para-hydroxylation sites is 1. The number of piperazine rings is 1. The van der Waals surface area contributed by atoms with Gasteiger partial charge in [-0.2, -0.15) is 0 Å². The molecule has 0 aliphatic carbocycles. The Morgan fingerprint density at radius 3 is 2.26 bits per heavy atom. The van der Waals surface area contributed by atoms with Gasteiger partial charge in [-0.1, -0.05) is 12.1 Å². The van der Waals surface area contributed by atoms with Crippen molar-refractivity contribution in [2.45, 2.75) is 26.6 Å². The van der Waals surface area contributed by atoms with Crippen LogP contribution >= 0.6 is 0 Å². The number of ether oxygens (including phenoxy) is 3. The molecule has 0 unspecified atom stereocenters. The number of rotatable bonds is 4. The van der Waals surface area contributed by atoms with Crippen molar-refractivity contribution in [3.05, 3.63) is 41.6 Å². The molecule has 31 heavy (non-hydrogen) atoms. The molecule has 1 aromatic carbocycles. The maximum atomic E-state index is 13.0. The largest absolute Gasteiger partial charge is 0.450 e. The fourth-order valence-corrected chi connectivity index (χ4v) is 3.20. The van der Waals surface area contributed by atoms with Crippen molar-refractivity contribution in [1.29, 1.82) is 0 Å². The molecule has 2 saturated heterocycles. The summed E-state index contributed by atoms with van der Waals surface area (Å²) in [6, 6.07) is 6.73. The summed E-state index contributed by atoms with van der Waals surface area (Å²) in [5.41, 5.74) is 0.477. The lowest BCUT2D eigenvalue weighted by Crippen LogP contribution is -2.50. The molecule has 0 bridgehead atoms. The van der Waals surface area contributed by atoms with E-state index >= 15 is 0 Å². The second-order valence-electron chi connectivity index (χ2n) is 7.40. The normalized spacial score (nSPS) is 18.1. The summed E-state index contributed by atoms with van der Waals surface area (Å²) in [5.74, 6) is -3.19. The lowest BCUT2D eigenvalue weighted by Gasteiger charge is -2.34. The molecule has 2 aliphatic rings. The number of hydrogen-bond donors (Lipinski definition) is 1. The van der Waals surface area contributed by atoms with Crippen LogP contribution in [0.25, 0.3) is 0 Å². The lowest BCUT2D eigenvalue weighted by molar-refractivity contribution is -0.222. The van der Waals surface area contributed by atoms with Crippen LogP contribution in [-0.2, 0) is 23.8 Å². The van der Waals surface area contributed by atoms with Gasteiger partial charge in [0.05, 0.1) is 17.9 Å². The number of amides is 2. The van der Waals surface area contributed by atoms with Crippen molar-refractivity contribution in [3.63, 3.8) is 0 Å². The van der Waals surface area contributed by atoms with Crippen molar-refractivity contribution in [1.82, 2.24) is 9.80 Å². The molecule has 0 aromatic heterocycles. The summed E-state index contributed by atoms with van der Waals surface area (Å²) < 4.78 is 15.1. The van der Waals surface area contributed by atoms with Gasteiger partial charge in [0.2, 0.25) is 0 Å². The zero-order valence-electron chi connectivity index (χ0n) is 17.7. The van der Waals surface area contributed by atoms with E-state index in [4.69, 9.17) is 14.2 Å². The minimum atomic E-state index is -1.33. The number of nitrogens with zero attached hydrogens (tertiary/aromatic N) is 2. The standard InChI is InChI=1S/C21H25N3O7/c1-4-29-20(28)24-11-9-23(10-12-24)17(25)14-7-5-6-8-16(14)22-13-15-18(26)30-21(2,3)31-19(15)27/h5-8,13,22H,4,9-12H2,1-3H3. The summed E-state index contributed by atoms with van der Waals surface area (Å²) in [4.78, 5) is 52.2. The molecule has 166 valence electrons. The summed E-state index contributed by atoms with van der Waals surface area (Å²) in [5, 5.41) is 2.84. The molecule has 2 fully saturated rings. The second-order valence-corrected chi connectivity index (χ2v) is 7.40. The third-order valence-corrected chi connectivity index (χ3v) is 4.74. The molecular weight excluding hydrogens is 406 g/mol. The van der Waals surface area contributed by atoms with Gasteiger partial charge in [0.15, 0.2) is 5.57 Å². The third kappa shape index (κ3) is 5.14. The molecule has 0 saturated carbocycles. The van der Waals surface area contributed by atoms with Crippen molar-refractivity contribution >= 4 is 29.6 Å². The van der Waals surface area contributed by atoms with Crippen LogP contribution in [0.15, 0.2) is 36.0 Å². The molecule has 10 heteroatoms. The van der Waals surface area contributed by atoms with Gasteiger partial charge < -0.3 is 29.3 Å². The fourth-order valence-electron chi connectivity index (χ4n) is 3.20. The highest BCUT2D eigenvalue weighted by atomic mass is 16.7. The van der Waals surface area contributed by atoms with Crippen LogP contribution in [0.4, 0.5) is 10.5 Å². The van der Waals surface area contributed by atoms with Gasteiger partial charge in [0.1, 0.15) is 0 Å². The van der Waals surface area contributed by atoms with E-state index in [1.165, 1.54) is 20.0 Å². The molecule has 0 spiro atoms. The SMILES string of the molecule is CCOC(=O)N1CCN(C(=O)c2ccccc2NC=C2C(=O)OC(C)(C)OC2=O)CC1. The first kappa shape index (κ1) is 22.1. The van der Waals surface area contributed by atoms with Gasteiger partial charge in [-0.15, -0.1) is 0 Å². The monoisotopic (exact) mass is 431 g/mol. The van der Waals surface area contributed by atoms with Crippen LogP contribution in [-0.4, -0.2) is 72.3 Å². The number of cyclic esters (lactones) is 2. The molecule has 0 radical (unpaired) electrons. The van der Waals surface area contributed by atoms with E-state index in [0.717, 1.165) is 0 Å². The zero-order valence-corrected chi connectivity index (χ0v) is 17.7. The summed E-state index contributed by atoms with van der Waals surface area (Å²) in [7, 11) is 0. The Hall–Kier alpha value is -3.56. The van der Waals surface area contributed by atoms with Crippen LogP contribution in [0.1, 0.15) is 31.1 Å². The maximum Gasteiger partial charge on any atom is 0.409 e. The second kappa shape index (κ2) is 9.07. The Morgan fingerprint density at radius 2 is 1.65 bits per heavy atom. The fraction of sp³-hybridized carbons (Fsp3) is 0.429. The van der Waals surface area contributed by atoms with Crippen molar-refractivity contribution < 1.29 is 33.4 Å². The molecule has 3 rings (SSSR count). The number of esters is 2. The number of carbonyl (C=O) groups is 4.